The molecule has 3 rings (SSSR count). The number of nitrogens with zero attached hydrogens (tertiary/aromatic N) is 4. The van der Waals surface area contributed by atoms with Gasteiger partial charge in [0, 0.05) is 25.7 Å². The lowest BCUT2D eigenvalue weighted by Crippen LogP contribution is -2.37. The number of morpholine rings is 1. The quantitative estimate of drug-likeness (QED) is 0.551. The van der Waals surface area contributed by atoms with Crippen LogP contribution >= 0.6 is 11.8 Å². The second-order valence-electron chi connectivity index (χ2n) is 5.61. The van der Waals surface area contributed by atoms with Gasteiger partial charge in [0.05, 0.1) is 25.6 Å². The first-order chi connectivity index (χ1) is 12.2. The molecule has 134 valence electrons. The van der Waals surface area contributed by atoms with Crippen LogP contribution in [0.1, 0.15) is 17.3 Å². The Morgan fingerprint density at radius 2 is 1.96 bits per heavy atom. The van der Waals surface area contributed by atoms with Crippen LogP contribution in [0.5, 0.6) is 5.75 Å². The molecule has 1 aliphatic heterocycles. The number of carbonyl (C=O) groups is 1. The molecule has 1 fully saturated rings. The maximum absolute atomic E-state index is 12.4. The van der Waals surface area contributed by atoms with Gasteiger partial charge in [-0.25, -0.2) is 0 Å². The number of carbonyl (C=O) groups excluding carboxylic acids is 1. The minimum absolute atomic E-state index is 0.0592. The Labute approximate surface area is 151 Å². The number of aromatic nitrogens is 3. The van der Waals surface area contributed by atoms with Gasteiger partial charge in [0.25, 0.3) is 0 Å². The maximum atomic E-state index is 12.4. The van der Waals surface area contributed by atoms with E-state index in [1.54, 1.807) is 12.1 Å². The lowest BCUT2D eigenvalue weighted by atomic mass is 10.1. The van der Waals surface area contributed by atoms with Gasteiger partial charge in [0.15, 0.2) is 10.9 Å². The van der Waals surface area contributed by atoms with Crippen molar-refractivity contribution in [2.45, 2.75) is 12.1 Å². The van der Waals surface area contributed by atoms with Gasteiger partial charge >= 0.3 is 0 Å². The summed E-state index contributed by atoms with van der Waals surface area (Å²) in [6.07, 6.45) is 0. The third-order valence-corrected chi connectivity index (χ3v) is 4.95. The molecule has 0 saturated carbocycles. The Morgan fingerprint density at radius 3 is 2.64 bits per heavy atom. The van der Waals surface area contributed by atoms with E-state index in [1.807, 2.05) is 30.7 Å². The molecule has 2 aromatic rings. The summed E-state index contributed by atoms with van der Waals surface area (Å²) >= 11 is 1.40. The second-order valence-corrected chi connectivity index (χ2v) is 6.55. The van der Waals surface area contributed by atoms with Crippen molar-refractivity contribution >= 4 is 23.5 Å². The van der Waals surface area contributed by atoms with Crippen LogP contribution in [0.15, 0.2) is 29.4 Å². The normalized spacial score (nSPS) is 14.6. The SMILES string of the molecule is CCOc1ccc(C(=O)CSc2nnc(N3CCOCC3)n2C)cc1. The van der Waals surface area contributed by atoms with E-state index in [0.29, 0.717) is 31.1 Å². The Morgan fingerprint density at radius 1 is 1.24 bits per heavy atom. The zero-order chi connectivity index (χ0) is 17.6. The molecule has 0 spiro atoms. The molecule has 0 unspecified atom stereocenters. The Balaban J connectivity index is 1.59. The number of thioether (sulfide) groups is 1. The summed E-state index contributed by atoms with van der Waals surface area (Å²) < 4.78 is 12.7. The fourth-order valence-electron chi connectivity index (χ4n) is 2.59. The van der Waals surface area contributed by atoms with Crippen LogP contribution in [0.4, 0.5) is 5.95 Å². The molecule has 0 radical (unpaired) electrons. The first-order valence-corrected chi connectivity index (χ1v) is 9.28. The lowest BCUT2D eigenvalue weighted by molar-refractivity contribution is 0.102. The highest BCUT2D eigenvalue weighted by atomic mass is 32.2. The van der Waals surface area contributed by atoms with Crippen LogP contribution in [0, 0.1) is 0 Å². The highest BCUT2D eigenvalue weighted by Crippen LogP contribution is 2.22. The van der Waals surface area contributed by atoms with Gasteiger partial charge in [0.1, 0.15) is 5.75 Å². The van der Waals surface area contributed by atoms with Crippen LogP contribution in [0.2, 0.25) is 0 Å². The molecule has 1 saturated heterocycles. The van der Waals surface area contributed by atoms with E-state index in [4.69, 9.17) is 9.47 Å². The molecule has 0 aliphatic carbocycles. The number of Topliss-reactive ketones (excluding diaryl/α,β-unsaturated/α-hetero) is 1. The summed E-state index contributed by atoms with van der Waals surface area (Å²) in [6.45, 7) is 5.56. The maximum Gasteiger partial charge on any atom is 0.227 e. The lowest BCUT2D eigenvalue weighted by Gasteiger charge is -2.27. The molecular weight excluding hydrogens is 340 g/mol. The average molecular weight is 362 g/mol. The molecule has 7 nitrogen and oxygen atoms in total. The molecule has 0 amide bonds. The number of ether oxygens (including phenoxy) is 2. The second kappa shape index (κ2) is 8.35. The van der Waals surface area contributed by atoms with Crippen LogP contribution in [0.25, 0.3) is 0 Å². The Bertz CT molecular complexity index is 711. The van der Waals surface area contributed by atoms with Crippen LogP contribution < -0.4 is 9.64 Å². The number of ketones is 1. The van der Waals surface area contributed by atoms with Crippen LogP contribution in [0.3, 0.4) is 0 Å². The third-order valence-electron chi connectivity index (χ3n) is 3.93. The standard InChI is InChI=1S/C17H22N4O3S/c1-3-24-14-6-4-13(5-7-14)15(22)12-25-17-19-18-16(20(17)2)21-8-10-23-11-9-21/h4-7H,3,8-12H2,1-2H3. The van der Waals surface area contributed by atoms with Crippen molar-refractivity contribution in [2.75, 3.05) is 43.6 Å². The molecule has 0 bridgehead atoms. The van der Waals surface area contributed by atoms with E-state index in [9.17, 15) is 4.79 Å². The van der Waals surface area contributed by atoms with E-state index in [2.05, 4.69) is 15.1 Å². The predicted molar refractivity (Wildman–Crippen MR) is 96.7 cm³/mol. The topological polar surface area (TPSA) is 69.5 Å². The number of benzene rings is 1. The fraction of sp³-hybridized carbons (Fsp3) is 0.471. The van der Waals surface area contributed by atoms with E-state index < -0.39 is 0 Å². The van der Waals surface area contributed by atoms with Gasteiger partial charge in [-0.2, -0.15) is 0 Å². The number of rotatable bonds is 7. The number of anilines is 1. The molecule has 2 heterocycles. The smallest absolute Gasteiger partial charge is 0.227 e. The van der Waals surface area contributed by atoms with Crippen molar-refractivity contribution in [3.05, 3.63) is 29.8 Å². The highest BCUT2D eigenvalue weighted by molar-refractivity contribution is 7.99. The van der Waals surface area contributed by atoms with E-state index in [-0.39, 0.29) is 5.78 Å². The molecule has 8 heteroatoms. The number of hydrogen-bond acceptors (Lipinski definition) is 7. The van der Waals surface area contributed by atoms with Gasteiger partial charge in [0.2, 0.25) is 5.95 Å². The number of hydrogen-bond donors (Lipinski definition) is 0. The van der Waals surface area contributed by atoms with E-state index in [0.717, 1.165) is 29.9 Å². The first-order valence-electron chi connectivity index (χ1n) is 8.30. The summed E-state index contributed by atoms with van der Waals surface area (Å²) in [5, 5.41) is 9.21. The van der Waals surface area contributed by atoms with Gasteiger partial charge in [-0.1, -0.05) is 11.8 Å². The predicted octanol–water partition coefficient (Wildman–Crippen LogP) is 2.03. The van der Waals surface area contributed by atoms with Gasteiger partial charge in [-0.15, -0.1) is 10.2 Å². The molecule has 1 aromatic carbocycles. The van der Waals surface area contributed by atoms with Gasteiger partial charge < -0.3 is 14.4 Å². The Hall–Kier alpha value is -2.06. The minimum Gasteiger partial charge on any atom is -0.494 e. The van der Waals surface area contributed by atoms with Crippen molar-refractivity contribution in [1.29, 1.82) is 0 Å². The summed E-state index contributed by atoms with van der Waals surface area (Å²) in [6, 6.07) is 7.23. The summed E-state index contributed by atoms with van der Waals surface area (Å²) in [4.78, 5) is 14.5. The first kappa shape index (κ1) is 17.8. The summed E-state index contributed by atoms with van der Waals surface area (Å²) in [5.74, 6) is 1.97. The molecular formula is C17H22N4O3S. The average Bonchev–Trinajstić information content (AvgIpc) is 3.02. The van der Waals surface area contributed by atoms with Gasteiger partial charge in [-0.3, -0.25) is 9.36 Å². The van der Waals surface area contributed by atoms with Crippen molar-refractivity contribution in [2.24, 2.45) is 7.05 Å². The van der Waals surface area contributed by atoms with Crippen molar-refractivity contribution in [3.8, 4) is 5.75 Å². The summed E-state index contributed by atoms with van der Waals surface area (Å²) in [5.41, 5.74) is 0.673. The van der Waals surface area contributed by atoms with Crippen molar-refractivity contribution < 1.29 is 14.3 Å². The largest absolute Gasteiger partial charge is 0.494 e. The molecule has 25 heavy (non-hydrogen) atoms. The highest BCUT2D eigenvalue weighted by Gasteiger charge is 2.19. The zero-order valence-corrected chi connectivity index (χ0v) is 15.3. The fourth-order valence-corrected chi connectivity index (χ4v) is 3.39. The van der Waals surface area contributed by atoms with Crippen LogP contribution in [-0.2, 0) is 11.8 Å². The molecule has 1 aromatic heterocycles. The van der Waals surface area contributed by atoms with Gasteiger partial charge in [-0.05, 0) is 31.2 Å². The summed E-state index contributed by atoms with van der Waals surface area (Å²) in [7, 11) is 1.93. The van der Waals surface area contributed by atoms with E-state index in [1.165, 1.54) is 11.8 Å². The zero-order valence-electron chi connectivity index (χ0n) is 14.5. The van der Waals surface area contributed by atoms with Crippen molar-refractivity contribution in [1.82, 2.24) is 14.8 Å². The molecule has 1 aliphatic rings. The van der Waals surface area contributed by atoms with Crippen molar-refractivity contribution in [3.63, 3.8) is 0 Å². The minimum atomic E-state index is 0.0592. The van der Waals surface area contributed by atoms with Crippen LogP contribution in [-0.4, -0.2) is 59.2 Å². The molecule has 0 atom stereocenters. The Kier molecular flexibility index (Phi) is 5.93. The monoisotopic (exact) mass is 362 g/mol. The van der Waals surface area contributed by atoms with E-state index >= 15 is 0 Å². The molecule has 0 N–H and O–H groups in total. The third kappa shape index (κ3) is 4.32.